The molecule has 2 aromatic carbocycles. The van der Waals surface area contributed by atoms with Crippen LogP contribution in [0.3, 0.4) is 0 Å². The van der Waals surface area contributed by atoms with Crippen molar-refractivity contribution in [2.75, 3.05) is 5.32 Å². The van der Waals surface area contributed by atoms with Gasteiger partial charge in [-0.3, -0.25) is 4.98 Å². The number of rotatable bonds is 3. The Labute approximate surface area is 160 Å². The molecule has 0 fully saturated rings. The Morgan fingerprint density at radius 3 is 2.41 bits per heavy atom. The Hall–Kier alpha value is -2.81. The molecular formula is C18H14BrF3N2O3. The molecule has 3 N–H and O–H groups in total. The van der Waals surface area contributed by atoms with Crippen molar-refractivity contribution in [3.63, 3.8) is 0 Å². The zero-order valence-corrected chi connectivity index (χ0v) is 15.3. The highest BCUT2D eigenvalue weighted by Crippen LogP contribution is 2.27. The van der Waals surface area contributed by atoms with Crippen molar-refractivity contribution in [2.45, 2.75) is 12.7 Å². The number of nitrogens with one attached hydrogen (secondary N) is 1. The van der Waals surface area contributed by atoms with Crippen LogP contribution in [0.4, 0.5) is 18.9 Å². The van der Waals surface area contributed by atoms with Crippen molar-refractivity contribution in [3.8, 4) is 5.75 Å². The van der Waals surface area contributed by atoms with Crippen LogP contribution in [0.5, 0.6) is 5.75 Å². The Balaban J connectivity index is 0.000000321. The van der Waals surface area contributed by atoms with E-state index in [0.717, 1.165) is 21.1 Å². The van der Waals surface area contributed by atoms with Gasteiger partial charge >= 0.3 is 12.1 Å². The third-order valence-corrected chi connectivity index (χ3v) is 4.12. The van der Waals surface area contributed by atoms with Crippen molar-refractivity contribution in [3.05, 3.63) is 64.8 Å². The molecule has 27 heavy (non-hydrogen) atoms. The van der Waals surface area contributed by atoms with Crippen molar-refractivity contribution in [2.24, 2.45) is 0 Å². The van der Waals surface area contributed by atoms with E-state index in [0.29, 0.717) is 12.1 Å². The predicted molar refractivity (Wildman–Crippen MR) is 98.6 cm³/mol. The second-order valence-electron chi connectivity index (χ2n) is 5.28. The van der Waals surface area contributed by atoms with Crippen LogP contribution in [-0.2, 0) is 11.3 Å². The number of hydrogen-bond donors (Lipinski definition) is 3. The Morgan fingerprint density at radius 1 is 1.11 bits per heavy atom. The van der Waals surface area contributed by atoms with E-state index in [1.165, 1.54) is 0 Å². The molecule has 0 saturated heterocycles. The first-order chi connectivity index (χ1) is 12.7. The molecule has 0 saturated carbocycles. The normalized spacial score (nSPS) is 10.8. The van der Waals surface area contributed by atoms with E-state index in [1.54, 1.807) is 12.3 Å². The summed E-state index contributed by atoms with van der Waals surface area (Å²) in [6.07, 6.45) is -3.40. The van der Waals surface area contributed by atoms with Crippen LogP contribution in [0.2, 0.25) is 0 Å². The molecule has 1 heterocycles. The predicted octanol–water partition coefficient (Wildman–Crippen LogP) is 4.95. The number of fused-ring (bicyclic) bond motifs is 1. The number of carboxylic acid groups (broad SMARTS) is 1. The second kappa shape index (κ2) is 8.72. The summed E-state index contributed by atoms with van der Waals surface area (Å²) in [7, 11) is 0. The number of pyridine rings is 1. The number of aliphatic carboxylic acids is 1. The van der Waals surface area contributed by atoms with Gasteiger partial charge in [-0.1, -0.05) is 24.3 Å². The summed E-state index contributed by atoms with van der Waals surface area (Å²) in [5.41, 5.74) is 2.78. The first-order valence-electron chi connectivity index (χ1n) is 7.54. The summed E-state index contributed by atoms with van der Waals surface area (Å²) in [5.74, 6) is -2.54. The quantitative estimate of drug-likeness (QED) is 0.534. The molecule has 0 radical (unpaired) electrons. The number of aromatic nitrogens is 1. The van der Waals surface area contributed by atoms with Gasteiger partial charge in [-0.05, 0) is 45.8 Å². The fraction of sp³-hybridized carbons (Fsp3) is 0.111. The summed E-state index contributed by atoms with van der Waals surface area (Å²) in [6, 6.07) is 15.4. The van der Waals surface area contributed by atoms with Gasteiger partial charge in [-0.25, -0.2) is 4.79 Å². The van der Waals surface area contributed by atoms with Crippen LogP contribution in [0.1, 0.15) is 5.56 Å². The van der Waals surface area contributed by atoms with Gasteiger partial charge in [0.2, 0.25) is 0 Å². The van der Waals surface area contributed by atoms with E-state index in [-0.39, 0.29) is 5.75 Å². The number of phenols is 1. The number of hydrogen-bond acceptors (Lipinski definition) is 4. The van der Waals surface area contributed by atoms with E-state index in [2.05, 4.69) is 26.2 Å². The standard InChI is InChI=1S/C16H13BrN2O.C2HF3O2/c17-13-5-1-2-6-14(13)19-10-11-7-8-15(20)16-12(11)4-3-9-18-16;3-2(4,5)1(6)7/h1-9,19-20H,10H2;(H,6,7). The molecule has 3 aromatic rings. The van der Waals surface area contributed by atoms with Crippen molar-refractivity contribution < 1.29 is 28.2 Å². The minimum atomic E-state index is -5.08. The number of benzene rings is 2. The number of carbonyl (C=O) groups is 1. The largest absolute Gasteiger partial charge is 0.506 e. The Bertz CT molecular complexity index is 949. The molecule has 0 aliphatic rings. The van der Waals surface area contributed by atoms with Crippen LogP contribution < -0.4 is 5.32 Å². The fourth-order valence-electron chi connectivity index (χ4n) is 2.17. The number of phenolic OH excluding ortho intramolecular Hbond substituents is 1. The maximum absolute atomic E-state index is 10.6. The lowest BCUT2D eigenvalue weighted by Gasteiger charge is -2.11. The minimum Gasteiger partial charge on any atom is -0.506 e. The number of para-hydroxylation sites is 1. The maximum atomic E-state index is 10.6. The smallest absolute Gasteiger partial charge is 0.490 e. The summed E-state index contributed by atoms with van der Waals surface area (Å²) < 4.78 is 32.8. The molecule has 0 bridgehead atoms. The molecule has 0 atom stereocenters. The monoisotopic (exact) mass is 442 g/mol. The number of alkyl halides is 3. The first kappa shape index (κ1) is 20.5. The van der Waals surface area contributed by atoms with Gasteiger partial charge in [0.05, 0.1) is 0 Å². The molecule has 9 heteroatoms. The second-order valence-corrected chi connectivity index (χ2v) is 6.13. The van der Waals surface area contributed by atoms with E-state index in [4.69, 9.17) is 9.90 Å². The van der Waals surface area contributed by atoms with Crippen LogP contribution >= 0.6 is 15.9 Å². The van der Waals surface area contributed by atoms with Gasteiger partial charge in [-0.15, -0.1) is 0 Å². The summed E-state index contributed by atoms with van der Waals surface area (Å²) in [5, 5.41) is 21.3. The van der Waals surface area contributed by atoms with Gasteiger partial charge in [0, 0.05) is 28.3 Å². The molecule has 0 aliphatic heterocycles. The van der Waals surface area contributed by atoms with Crippen molar-refractivity contribution in [1.82, 2.24) is 4.98 Å². The molecule has 1 aromatic heterocycles. The average molecular weight is 443 g/mol. The Morgan fingerprint density at radius 2 is 1.78 bits per heavy atom. The summed E-state index contributed by atoms with van der Waals surface area (Å²) in [4.78, 5) is 13.1. The molecule has 0 spiro atoms. The first-order valence-corrected chi connectivity index (χ1v) is 8.33. The SMILES string of the molecule is O=C(O)C(F)(F)F.Oc1ccc(CNc2ccccc2Br)c2cccnc12. The third-order valence-electron chi connectivity index (χ3n) is 3.42. The highest BCUT2D eigenvalue weighted by molar-refractivity contribution is 9.10. The van der Waals surface area contributed by atoms with Gasteiger partial charge in [0.25, 0.3) is 0 Å². The highest BCUT2D eigenvalue weighted by atomic mass is 79.9. The number of nitrogens with zero attached hydrogens (tertiary/aromatic N) is 1. The van der Waals surface area contributed by atoms with Gasteiger partial charge in [0.1, 0.15) is 11.3 Å². The lowest BCUT2D eigenvalue weighted by Crippen LogP contribution is -2.21. The van der Waals surface area contributed by atoms with Gasteiger partial charge < -0.3 is 15.5 Å². The lowest BCUT2D eigenvalue weighted by atomic mass is 10.1. The zero-order chi connectivity index (χ0) is 20.0. The third kappa shape index (κ3) is 5.58. The Kier molecular flexibility index (Phi) is 6.62. The van der Waals surface area contributed by atoms with Crippen LogP contribution in [-0.4, -0.2) is 27.3 Å². The molecular weight excluding hydrogens is 429 g/mol. The molecule has 142 valence electrons. The summed E-state index contributed by atoms with van der Waals surface area (Å²) in [6.45, 7) is 0.672. The minimum absolute atomic E-state index is 0.213. The number of halogens is 4. The van der Waals surface area contributed by atoms with E-state index in [1.807, 2.05) is 42.5 Å². The van der Waals surface area contributed by atoms with Crippen LogP contribution in [0, 0.1) is 0 Å². The maximum Gasteiger partial charge on any atom is 0.490 e. The molecule has 0 amide bonds. The van der Waals surface area contributed by atoms with Gasteiger partial charge in [-0.2, -0.15) is 13.2 Å². The number of carboxylic acids is 1. The van der Waals surface area contributed by atoms with E-state index in [9.17, 15) is 18.3 Å². The van der Waals surface area contributed by atoms with Crippen LogP contribution in [0.25, 0.3) is 10.9 Å². The zero-order valence-electron chi connectivity index (χ0n) is 13.7. The van der Waals surface area contributed by atoms with Gasteiger partial charge in [0.15, 0.2) is 0 Å². The number of anilines is 1. The summed E-state index contributed by atoms with van der Waals surface area (Å²) >= 11 is 3.52. The average Bonchev–Trinajstić information content (AvgIpc) is 2.62. The van der Waals surface area contributed by atoms with Crippen molar-refractivity contribution >= 4 is 38.5 Å². The fourth-order valence-corrected chi connectivity index (χ4v) is 2.59. The topological polar surface area (TPSA) is 82.5 Å². The molecule has 3 rings (SSSR count). The van der Waals surface area contributed by atoms with Crippen molar-refractivity contribution in [1.29, 1.82) is 0 Å². The van der Waals surface area contributed by atoms with E-state index >= 15 is 0 Å². The number of aromatic hydroxyl groups is 1. The molecule has 0 aliphatic carbocycles. The highest BCUT2D eigenvalue weighted by Gasteiger charge is 2.38. The van der Waals surface area contributed by atoms with E-state index < -0.39 is 12.1 Å². The molecule has 5 nitrogen and oxygen atoms in total. The molecule has 0 unspecified atom stereocenters. The van der Waals surface area contributed by atoms with Crippen LogP contribution in [0.15, 0.2) is 59.2 Å². The lowest BCUT2D eigenvalue weighted by molar-refractivity contribution is -0.192.